The molecule has 2 aromatic rings. The molecule has 1 unspecified atom stereocenters. The lowest BCUT2D eigenvalue weighted by atomic mass is 10.1. The number of benzene rings is 2. The molecule has 2 aromatic carbocycles. The summed E-state index contributed by atoms with van der Waals surface area (Å²) in [6.45, 7) is 2.00. The summed E-state index contributed by atoms with van der Waals surface area (Å²) in [5, 5.41) is 8.36. The van der Waals surface area contributed by atoms with E-state index in [0.717, 1.165) is 5.56 Å². The van der Waals surface area contributed by atoms with Crippen molar-refractivity contribution in [3.8, 4) is 0 Å². The number of rotatable bonds is 4. The average molecular weight is 287 g/mol. The van der Waals surface area contributed by atoms with E-state index >= 15 is 0 Å². The van der Waals surface area contributed by atoms with Crippen LogP contribution in [0.1, 0.15) is 18.5 Å². The van der Waals surface area contributed by atoms with Crippen molar-refractivity contribution < 1.29 is 9.18 Å². The van der Waals surface area contributed by atoms with Crippen molar-refractivity contribution in [2.75, 3.05) is 17.7 Å². The summed E-state index contributed by atoms with van der Waals surface area (Å²) in [5.74, 6) is -0.468. The summed E-state index contributed by atoms with van der Waals surface area (Å²) < 4.78 is 13.5. The van der Waals surface area contributed by atoms with Crippen molar-refractivity contribution in [2.24, 2.45) is 0 Å². The van der Waals surface area contributed by atoms with Gasteiger partial charge in [-0.3, -0.25) is 0 Å². The first-order valence-corrected chi connectivity index (χ1v) is 6.70. The first-order chi connectivity index (χ1) is 10.1. The van der Waals surface area contributed by atoms with Gasteiger partial charge in [-0.15, -0.1) is 0 Å². The molecule has 0 aromatic heterocycles. The number of hydrogen-bond donors (Lipinski definition) is 3. The Morgan fingerprint density at radius 3 is 2.24 bits per heavy atom. The van der Waals surface area contributed by atoms with Gasteiger partial charge in [0.1, 0.15) is 5.82 Å². The van der Waals surface area contributed by atoms with Crippen LogP contribution in [0.25, 0.3) is 0 Å². The second-order valence-electron chi connectivity index (χ2n) is 4.66. The number of para-hydroxylation sites is 2. The van der Waals surface area contributed by atoms with Crippen LogP contribution in [0.2, 0.25) is 0 Å². The Bertz CT molecular complexity index is 630. The van der Waals surface area contributed by atoms with Crippen LogP contribution in [-0.2, 0) is 0 Å². The summed E-state index contributed by atoms with van der Waals surface area (Å²) in [7, 11) is 1.85. The largest absolute Gasteiger partial charge is 0.323 e. The fraction of sp³-hybridized carbons (Fsp3) is 0.188. The van der Waals surface area contributed by atoms with E-state index in [1.54, 1.807) is 12.1 Å². The van der Waals surface area contributed by atoms with Gasteiger partial charge in [0.15, 0.2) is 0 Å². The Morgan fingerprint density at radius 2 is 1.57 bits per heavy atom. The van der Waals surface area contributed by atoms with Gasteiger partial charge >= 0.3 is 6.03 Å². The zero-order chi connectivity index (χ0) is 15.2. The molecular weight excluding hydrogens is 269 g/mol. The molecule has 0 aliphatic rings. The minimum absolute atomic E-state index is 0.0926. The monoisotopic (exact) mass is 287 g/mol. The molecule has 2 amide bonds. The molecule has 0 spiro atoms. The van der Waals surface area contributed by atoms with Crippen LogP contribution in [0.5, 0.6) is 0 Å². The Hall–Kier alpha value is -2.40. The zero-order valence-electron chi connectivity index (χ0n) is 12.0. The van der Waals surface area contributed by atoms with Crippen LogP contribution in [-0.4, -0.2) is 13.1 Å². The molecular formula is C16H18FN3O. The Balaban J connectivity index is 2.12. The molecule has 2 rings (SSSR count). The van der Waals surface area contributed by atoms with Crippen LogP contribution in [0.3, 0.4) is 0 Å². The van der Waals surface area contributed by atoms with Crippen molar-refractivity contribution in [1.82, 2.24) is 5.32 Å². The molecule has 0 aliphatic carbocycles. The van der Waals surface area contributed by atoms with Gasteiger partial charge in [-0.2, -0.15) is 0 Å². The molecule has 3 N–H and O–H groups in total. The minimum atomic E-state index is -0.476. The third-order valence-corrected chi connectivity index (χ3v) is 3.23. The fourth-order valence-electron chi connectivity index (χ4n) is 1.98. The number of amides is 2. The lowest BCUT2D eigenvalue weighted by molar-refractivity contribution is 0.262. The van der Waals surface area contributed by atoms with Gasteiger partial charge in [-0.05, 0) is 37.7 Å². The van der Waals surface area contributed by atoms with E-state index in [9.17, 15) is 9.18 Å². The topological polar surface area (TPSA) is 53.2 Å². The van der Waals surface area contributed by atoms with E-state index in [4.69, 9.17) is 0 Å². The van der Waals surface area contributed by atoms with Gasteiger partial charge in [0, 0.05) is 11.7 Å². The number of anilines is 2. The quantitative estimate of drug-likeness (QED) is 0.802. The van der Waals surface area contributed by atoms with Crippen LogP contribution >= 0.6 is 0 Å². The summed E-state index contributed by atoms with van der Waals surface area (Å²) in [6, 6.07) is 13.1. The first kappa shape index (κ1) is 15.0. The molecule has 4 nitrogen and oxygen atoms in total. The molecule has 0 saturated heterocycles. The number of halogens is 1. The molecule has 0 saturated carbocycles. The highest BCUT2D eigenvalue weighted by molar-refractivity contribution is 6.00. The summed E-state index contributed by atoms with van der Waals surface area (Å²) in [4.78, 5) is 12.0. The molecule has 1 atom stereocenters. The maximum absolute atomic E-state index is 13.5. The summed E-state index contributed by atoms with van der Waals surface area (Å²) in [5.41, 5.74) is 1.80. The predicted molar refractivity (Wildman–Crippen MR) is 83.0 cm³/mol. The molecule has 0 aliphatic heterocycles. The number of urea groups is 1. The van der Waals surface area contributed by atoms with Gasteiger partial charge < -0.3 is 16.0 Å². The highest BCUT2D eigenvalue weighted by Gasteiger charge is 2.11. The van der Waals surface area contributed by atoms with Crippen LogP contribution in [0.4, 0.5) is 20.6 Å². The Kier molecular flexibility index (Phi) is 4.90. The number of carbonyl (C=O) groups is 1. The van der Waals surface area contributed by atoms with Crippen molar-refractivity contribution in [2.45, 2.75) is 13.0 Å². The van der Waals surface area contributed by atoms with E-state index in [0.29, 0.717) is 5.69 Å². The highest BCUT2D eigenvalue weighted by Crippen LogP contribution is 2.22. The second kappa shape index (κ2) is 6.85. The lowest BCUT2D eigenvalue weighted by Crippen LogP contribution is -2.22. The van der Waals surface area contributed by atoms with Gasteiger partial charge in [0.25, 0.3) is 0 Å². The first-order valence-electron chi connectivity index (χ1n) is 6.70. The summed E-state index contributed by atoms with van der Waals surface area (Å²) in [6.07, 6.45) is 0. The normalized spacial score (nSPS) is 11.8. The Labute approximate surface area is 123 Å². The van der Waals surface area contributed by atoms with Gasteiger partial charge in [-0.25, -0.2) is 9.18 Å². The molecule has 0 bridgehead atoms. The maximum Gasteiger partial charge on any atom is 0.323 e. The van der Waals surface area contributed by atoms with E-state index in [1.165, 1.54) is 12.1 Å². The van der Waals surface area contributed by atoms with Gasteiger partial charge in [0.05, 0.1) is 5.69 Å². The third-order valence-electron chi connectivity index (χ3n) is 3.23. The van der Waals surface area contributed by atoms with E-state index in [2.05, 4.69) is 16.0 Å². The molecule has 0 fully saturated rings. The van der Waals surface area contributed by atoms with Crippen molar-refractivity contribution in [3.05, 3.63) is 59.9 Å². The standard InChI is InChI=1S/C16H18FN3O/c1-11(18-2)12-7-3-5-9-14(12)19-16(21)20-15-10-6-4-8-13(15)17/h3-11,18H,1-2H3,(H2,19,20,21). The molecule has 110 valence electrons. The molecule has 5 heteroatoms. The van der Waals surface area contributed by atoms with Crippen LogP contribution in [0, 0.1) is 5.82 Å². The molecule has 0 heterocycles. The van der Waals surface area contributed by atoms with Crippen molar-refractivity contribution >= 4 is 17.4 Å². The maximum atomic E-state index is 13.5. The third kappa shape index (κ3) is 3.79. The fourth-order valence-corrected chi connectivity index (χ4v) is 1.98. The highest BCUT2D eigenvalue weighted by atomic mass is 19.1. The number of nitrogens with one attached hydrogen (secondary N) is 3. The average Bonchev–Trinajstić information content (AvgIpc) is 2.49. The van der Waals surface area contributed by atoms with Gasteiger partial charge in [0.2, 0.25) is 0 Å². The second-order valence-corrected chi connectivity index (χ2v) is 4.66. The van der Waals surface area contributed by atoms with Gasteiger partial charge in [-0.1, -0.05) is 30.3 Å². The number of carbonyl (C=O) groups excluding carboxylic acids is 1. The van der Waals surface area contributed by atoms with Crippen LogP contribution < -0.4 is 16.0 Å². The minimum Gasteiger partial charge on any atom is -0.313 e. The Morgan fingerprint density at radius 1 is 1.00 bits per heavy atom. The smallest absolute Gasteiger partial charge is 0.313 e. The lowest BCUT2D eigenvalue weighted by Gasteiger charge is -2.16. The molecule has 0 radical (unpaired) electrons. The zero-order valence-corrected chi connectivity index (χ0v) is 12.0. The van der Waals surface area contributed by atoms with E-state index in [-0.39, 0.29) is 11.7 Å². The summed E-state index contributed by atoms with van der Waals surface area (Å²) >= 11 is 0. The van der Waals surface area contributed by atoms with E-state index in [1.807, 2.05) is 38.2 Å². The number of hydrogen-bond acceptors (Lipinski definition) is 2. The molecule has 21 heavy (non-hydrogen) atoms. The van der Waals surface area contributed by atoms with Crippen molar-refractivity contribution in [3.63, 3.8) is 0 Å². The van der Waals surface area contributed by atoms with E-state index < -0.39 is 11.8 Å². The van der Waals surface area contributed by atoms with Crippen LogP contribution in [0.15, 0.2) is 48.5 Å². The van der Waals surface area contributed by atoms with Crippen molar-refractivity contribution in [1.29, 1.82) is 0 Å². The predicted octanol–water partition coefficient (Wildman–Crippen LogP) is 3.75. The SMILES string of the molecule is CNC(C)c1ccccc1NC(=O)Nc1ccccc1F.